The fourth-order valence-electron chi connectivity index (χ4n) is 2.87. The number of pyridine rings is 1. The number of benzene rings is 1. The van der Waals surface area contributed by atoms with Gasteiger partial charge in [0.1, 0.15) is 11.6 Å². The molecule has 140 valence electrons. The minimum Gasteiger partial charge on any atom is -0.513 e. The molecule has 1 heterocycles. The molecule has 6 heteroatoms. The van der Waals surface area contributed by atoms with Crippen molar-refractivity contribution < 1.29 is 15.0 Å². The average molecular weight is 365 g/mol. The number of nitrogens with two attached hydrogens (primary N) is 2. The zero-order chi connectivity index (χ0) is 20.1. The van der Waals surface area contributed by atoms with Crippen molar-refractivity contribution in [2.24, 2.45) is 5.73 Å². The van der Waals surface area contributed by atoms with Gasteiger partial charge < -0.3 is 21.7 Å². The van der Waals surface area contributed by atoms with Crippen LogP contribution >= 0.6 is 0 Å². The van der Waals surface area contributed by atoms with Gasteiger partial charge in [-0.25, -0.2) is 4.98 Å². The van der Waals surface area contributed by atoms with Crippen molar-refractivity contribution in [1.82, 2.24) is 4.98 Å². The summed E-state index contributed by atoms with van der Waals surface area (Å²) in [4.78, 5) is 15.8. The zero-order valence-corrected chi connectivity index (χ0v) is 15.4. The number of anilines is 1. The van der Waals surface area contributed by atoms with E-state index in [-0.39, 0.29) is 17.1 Å². The Morgan fingerprint density at radius 1 is 1.33 bits per heavy atom. The van der Waals surface area contributed by atoms with Gasteiger partial charge in [0.15, 0.2) is 0 Å². The molecule has 0 fully saturated rings. The van der Waals surface area contributed by atoms with Crippen LogP contribution in [0.3, 0.4) is 0 Å². The number of rotatable bonds is 6. The highest BCUT2D eigenvalue weighted by Gasteiger charge is 2.17. The predicted molar refractivity (Wildman–Crippen MR) is 108 cm³/mol. The van der Waals surface area contributed by atoms with E-state index in [9.17, 15) is 15.0 Å². The van der Waals surface area contributed by atoms with E-state index in [1.54, 1.807) is 37.4 Å². The van der Waals surface area contributed by atoms with Gasteiger partial charge in [-0.1, -0.05) is 31.7 Å². The zero-order valence-electron chi connectivity index (χ0n) is 15.4. The monoisotopic (exact) mass is 365 g/mol. The Balaban J connectivity index is 2.76. The molecule has 0 radical (unpaired) electrons. The number of aliphatic hydroxyl groups excluding tert-OH is 1. The largest absolute Gasteiger partial charge is 0.513 e. The normalized spacial score (nSPS) is 12.1. The Hall–Kier alpha value is -3.54. The van der Waals surface area contributed by atoms with E-state index in [0.717, 1.165) is 11.1 Å². The summed E-state index contributed by atoms with van der Waals surface area (Å²) >= 11 is 0. The standard InChI is InChI=1S/C21H23N3O3/c1-4-13(7-6-12(3)25)19-15(5-2)17(11-24-20(19)22)14-8-9-18(26)16(10-14)21(23)27/h4,6-11,25-26H,1,5H2,2-3H3,(H2,22,24)(H2,23,27)/b12-6+,13-7+. The maximum Gasteiger partial charge on any atom is 0.252 e. The SMILES string of the molecule is C=C/C(=C\C=C(/C)O)c1c(N)ncc(-c2ccc(O)c(C(N)=O)c2)c1CC. The molecule has 27 heavy (non-hydrogen) atoms. The lowest BCUT2D eigenvalue weighted by atomic mass is 9.91. The number of hydrogen-bond acceptors (Lipinski definition) is 5. The second kappa shape index (κ2) is 8.23. The summed E-state index contributed by atoms with van der Waals surface area (Å²) in [6, 6.07) is 4.64. The number of amides is 1. The highest BCUT2D eigenvalue weighted by atomic mass is 16.3. The Bertz CT molecular complexity index is 955. The molecule has 0 aliphatic heterocycles. The van der Waals surface area contributed by atoms with E-state index >= 15 is 0 Å². The van der Waals surface area contributed by atoms with Crippen LogP contribution in [0.15, 0.2) is 55.0 Å². The fraction of sp³-hybridized carbons (Fsp3) is 0.143. The Morgan fingerprint density at radius 3 is 2.59 bits per heavy atom. The van der Waals surface area contributed by atoms with E-state index in [0.29, 0.717) is 28.9 Å². The van der Waals surface area contributed by atoms with Crippen LogP contribution in [0.1, 0.15) is 35.3 Å². The number of aromatic nitrogens is 1. The molecule has 2 rings (SSSR count). The van der Waals surface area contributed by atoms with E-state index < -0.39 is 5.91 Å². The van der Waals surface area contributed by atoms with Crippen LogP contribution in [0, 0.1) is 0 Å². The summed E-state index contributed by atoms with van der Waals surface area (Å²) in [5, 5.41) is 19.3. The molecule has 0 spiro atoms. The summed E-state index contributed by atoms with van der Waals surface area (Å²) in [6.45, 7) is 7.37. The quantitative estimate of drug-likeness (QED) is 0.459. The van der Waals surface area contributed by atoms with Crippen molar-refractivity contribution in [2.45, 2.75) is 20.3 Å². The van der Waals surface area contributed by atoms with E-state index in [1.165, 1.54) is 12.1 Å². The summed E-state index contributed by atoms with van der Waals surface area (Å²) in [5.41, 5.74) is 15.3. The van der Waals surface area contributed by atoms with E-state index in [2.05, 4.69) is 11.6 Å². The molecule has 0 aliphatic rings. The molecule has 1 aromatic carbocycles. The summed E-state index contributed by atoms with van der Waals surface area (Å²) in [7, 11) is 0. The number of allylic oxidation sites excluding steroid dienone is 5. The van der Waals surface area contributed by atoms with Crippen molar-refractivity contribution in [3.63, 3.8) is 0 Å². The maximum absolute atomic E-state index is 11.6. The maximum atomic E-state index is 11.6. The van der Waals surface area contributed by atoms with Crippen LogP contribution in [-0.4, -0.2) is 21.1 Å². The highest BCUT2D eigenvalue weighted by Crippen LogP contribution is 2.35. The lowest BCUT2D eigenvalue weighted by molar-refractivity contribution is 0.0998. The first-order valence-electron chi connectivity index (χ1n) is 8.41. The van der Waals surface area contributed by atoms with Gasteiger partial charge in [0, 0.05) is 17.3 Å². The third kappa shape index (κ3) is 4.17. The van der Waals surface area contributed by atoms with Gasteiger partial charge in [0.2, 0.25) is 0 Å². The Morgan fingerprint density at radius 2 is 2.04 bits per heavy atom. The fourth-order valence-corrected chi connectivity index (χ4v) is 2.87. The van der Waals surface area contributed by atoms with E-state index in [1.807, 2.05) is 6.92 Å². The summed E-state index contributed by atoms with van der Waals surface area (Å²) < 4.78 is 0. The first kappa shape index (κ1) is 19.8. The molecule has 6 N–H and O–H groups in total. The van der Waals surface area contributed by atoms with Gasteiger partial charge in [-0.05, 0) is 48.3 Å². The lowest BCUT2D eigenvalue weighted by Gasteiger charge is -2.17. The first-order valence-corrected chi connectivity index (χ1v) is 8.41. The van der Waals surface area contributed by atoms with Crippen molar-refractivity contribution in [3.05, 3.63) is 71.7 Å². The molecule has 0 atom stereocenters. The van der Waals surface area contributed by atoms with Gasteiger partial charge in [-0.2, -0.15) is 0 Å². The molecule has 0 unspecified atom stereocenters. The number of carbonyl (C=O) groups excluding carboxylic acids is 1. The molecular formula is C21H23N3O3. The van der Waals surface area contributed by atoms with Crippen LogP contribution in [0.2, 0.25) is 0 Å². The van der Waals surface area contributed by atoms with Gasteiger partial charge in [-0.3, -0.25) is 4.79 Å². The number of nitrogen functional groups attached to an aromatic ring is 1. The molecule has 0 saturated heterocycles. The Labute approximate surface area is 158 Å². The number of carbonyl (C=O) groups is 1. The summed E-state index contributed by atoms with van der Waals surface area (Å²) in [5.74, 6) is -0.409. The number of nitrogens with zero attached hydrogens (tertiary/aromatic N) is 1. The van der Waals surface area contributed by atoms with E-state index in [4.69, 9.17) is 11.5 Å². The molecule has 0 saturated carbocycles. The van der Waals surface area contributed by atoms with Crippen LogP contribution < -0.4 is 11.5 Å². The van der Waals surface area contributed by atoms with Gasteiger partial charge in [0.05, 0.1) is 11.3 Å². The number of aliphatic hydroxyl groups is 1. The predicted octanol–water partition coefficient (Wildman–Crippen LogP) is 3.73. The van der Waals surface area contributed by atoms with Gasteiger partial charge in [-0.15, -0.1) is 0 Å². The number of aromatic hydroxyl groups is 1. The topological polar surface area (TPSA) is 122 Å². The molecule has 1 amide bonds. The second-order valence-corrected chi connectivity index (χ2v) is 5.99. The minimum atomic E-state index is -0.716. The van der Waals surface area contributed by atoms with Crippen molar-refractivity contribution in [3.8, 4) is 16.9 Å². The minimum absolute atomic E-state index is 0.0336. The lowest BCUT2D eigenvalue weighted by Crippen LogP contribution is -2.11. The van der Waals surface area contributed by atoms with Crippen molar-refractivity contribution in [1.29, 1.82) is 0 Å². The van der Waals surface area contributed by atoms with Crippen molar-refractivity contribution >= 4 is 17.3 Å². The molecular weight excluding hydrogens is 342 g/mol. The van der Waals surface area contributed by atoms with Crippen LogP contribution in [0.5, 0.6) is 5.75 Å². The van der Waals surface area contributed by atoms with Crippen LogP contribution in [-0.2, 0) is 6.42 Å². The van der Waals surface area contributed by atoms with Gasteiger partial charge in [0.25, 0.3) is 5.91 Å². The number of primary amides is 1. The number of hydrogen-bond donors (Lipinski definition) is 4. The molecule has 0 bridgehead atoms. The molecule has 0 aliphatic carbocycles. The van der Waals surface area contributed by atoms with Crippen molar-refractivity contribution in [2.75, 3.05) is 5.73 Å². The second-order valence-electron chi connectivity index (χ2n) is 5.99. The molecule has 6 nitrogen and oxygen atoms in total. The van der Waals surface area contributed by atoms with Crippen LogP contribution in [0.25, 0.3) is 16.7 Å². The third-order valence-electron chi connectivity index (χ3n) is 4.16. The van der Waals surface area contributed by atoms with Gasteiger partial charge >= 0.3 is 0 Å². The Kier molecular flexibility index (Phi) is 6.03. The van der Waals surface area contributed by atoms with Crippen LogP contribution in [0.4, 0.5) is 5.82 Å². The number of phenols is 1. The molecule has 2 aromatic rings. The third-order valence-corrected chi connectivity index (χ3v) is 4.16. The first-order chi connectivity index (χ1) is 12.8. The summed E-state index contributed by atoms with van der Waals surface area (Å²) in [6.07, 6.45) is 7.17. The smallest absolute Gasteiger partial charge is 0.252 e. The highest BCUT2D eigenvalue weighted by molar-refractivity contribution is 5.97. The molecule has 1 aromatic heterocycles. The average Bonchev–Trinajstić information content (AvgIpc) is 2.63.